The number of nitrogens with zero attached hydrogens (tertiary/aromatic N) is 2. The monoisotopic (exact) mass is 272 g/mol. The Labute approximate surface area is 111 Å². The van der Waals surface area contributed by atoms with Crippen molar-refractivity contribution in [1.29, 1.82) is 0 Å². The zero-order valence-corrected chi connectivity index (χ0v) is 11.0. The third-order valence-corrected chi connectivity index (χ3v) is 3.58. The summed E-state index contributed by atoms with van der Waals surface area (Å²) in [5.41, 5.74) is 0. The summed E-state index contributed by atoms with van der Waals surface area (Å²) in [7, 11) is 1.56. The molecule has 0 spiro atoms. The van der Waals surface area contributed by atoms with Crippen molar-refractivity contribution in [2.75, 3.05) is 26.8 Å². The van der Waals surface area contributed by atoms with Gasteiger partial charge in [0.25, 0.3) is 0 Å². The van der Waals surface area contributed by atoms with E-state index in [1.807, 2.05) is 0 Å². The number of carbonyl (C=O) groups excluding carboxylic acids is 1. The first-order valence-electron chi connectivity index (χ1n) is 6.51. The van der Waals surface area contributed by atoms with Crippen LogP contribution in [-0.4, -0.2) is 77.0 Å². The normalized spacial score (nSPS) is 26.5. The fourth-order valence-corrected chi connectivity index (χ4v) is 2.43. The number of likely N-dealkylation sites (tertiary alicyclic amines) is 1. The van der Waals surface area contributed by atoms with E-state index < -0.39 is 18.1 Å². The van der Waals surface area contributed by atoms with Gasteiger partial charge in [0.05, 0.1) is 12.7 Å². The van der Waals surface area contributed by atoms with Crippen molar-refractivity contribution >= 4 is 12.0 Å². The van der Waals surface area contributed by atoms with E-state index in [0.29, 0.717) is 13.2 Å². The van der Waals surface area contributed by atoms with Gasteiger partial charge in [0, 0.05) is 32.7 Å². The molecule has 2 rings (SSSR count). The summed E-state index contributed by atoms with van der Waals surface area (Å²) in [5, 5.41) is 18.7. The summed E-state index contributed by atoms with van der Waals surface area (Å²) in [6, 6.07) is -1.04. The van der Waals surface area contributed by atoms with Crippen LogP contribution in [0, 0.1) is 0 Å². The van der Waals surface area contributed by atoms with Gasteiger partial charge in [-0.25, -0.2) is 9.59 Å². The van der Waals surface area contributed by atoms with Crippen LogP contribution in [0.2, 0.25) is 0 Å². The first kappa shape index (κ1) is 14.1. The van der Waals surface area contributed by atoms with E-state index in [1.165, 1.54) is 4.90 Å². The number of rotatable bonds is 5. The van der Waals surface area contributed by atoms with Crippen LogP contribution in [0.1, 0.15) is 19.3 Å². The van der Waals surface area contributed by atoms with E-state index >= 15 is 0 Å². The number of methoxy groups -OCH3 is 1. The zero-order chi connectivity index (χ0) is 14.0. The number of hydrogen-bond acceptors (Lipinski definition) is 4. The highest BCUT2D eigenvalue weighted by atomic mass is 16.5. The Morgan fingerprint density at radius 2 is 2.11 bits per heavy atom. The van der Waals surface area contributed by atoms with Crippen molar-refractivity contribution in [3.63, 3.8) is 0 Å². The first-order chi connectivity index (χ1) is 9.04. The Hall–Kier alpha value is -1.34. The molecular formula is C12H20N2O5. The fourth-order valence-electron chi connectivity index (χ4n) is 2.43. The molecule has 1 saturated carbocycles. The van der Waals surface area contributed by atoms with Crippen molar-refractivity contribution in [2.45, 2.75) is 37.5 Å². The average molecular weight is 272 g/mol. The second-order valence-corrected chi connectivity index (χ2v) is 5.10. The molecule has 19 heavy (non-hydrogen) atoms. The molecule has 0 aromatic heterocycles. The van der Waals surface area contributed by atoms with Crippen LogP contribution in [0.4, 0.5) is 4.79 Å². The molecule has 2 amide bonds. The highest BCUT2D eigenvalue weighted by molar-refractivity contribution is 5.83. The Balaban J connectivity index is 2.05. The molecule has 0 unspecified atom stereocenters. The zero-order valence-electron chi connectivity index (χ0n) is 11.0. The van der Waals surface area contributed by atoms with Crippen molar-refractivity contribution in [3.05, 3.63) is 0 Å². The maximum Gasteiger partial charge on any atom is 0.326 e. The molecule has 0 aromatic carbocycles. The summed E-state index contributed by atoms with van der Waals surface area (Å²) in [5.74, 6) is -1.06. The minimum Gasteiger partial charge on any atom is -0.480 e. The minimum absolute atomic E-state index is 0.0893. The third-order valence-electron chi connectivity index (χ3n) is 3.58. The number of β-amino-alcohol motifs (C(OH)–C–C–N with tert-alkyl or cyclic N) is 1. The molecule has 1 aliphatic heterocycles. The van der Waals surface area contributed by atoms with Gasteiger partial charge in [-0.15, -0.1) is 0 Å². The van der Waals surface area contributed by atoms with E-state index in [2.05, 4.69) is 0 Å². The lowest BCUT2D eigenvalue weighted by molar-refractivity contribution is -0.141. The SMILES string of the molecule is COCCN(C(=O)N1C[C@@H](O)C[C@H]1C(=O)O)C1CC1. The van der Waals surface area contributed by atoms with Gasteiger partial charge in [-0.1, -0.05) is 0 Å². The molecule has 108 valence electrons. The van der Waals surface area contributed by atoms with Crippen LogP contribution in [0.15, 0.2) is 0 Å². The predicted molar refractivity (Wildman–Crippen MR) is 65.8 cm³/mol. The summed E-state index contributed by atoms with van der Waals surface area (Å²) in [4.78, 5) is 26.5. The van der Waals surface area contributed by atoms with Gasteiger partial charge < -0.3 is 24.7 Å². The summed E-state index contributed by atoms with van der Waals surface area (Å²) < 4.78 is 4.98. The smallest absolute Gasteiger partial charge is 0.326 e. The topological polar surface area (TPSA) is 90.3 Å². The lowest BCUT2D eigenvalue weighted by Crippen LogP contribution is -2.49. The van der Waals surface area contributed by atoms with Gasteiger partial charge in [0.15, 0.2) is 0 Å². The van der Waals surface area contributed by atoms with Gasteiger partial charge in [-0.05, 0) is 12.8 Å². The van der Waals surface area contributed by atoms with Crippen LogP contribution in [0.25, 0.3) is 0 Å². The maximum absolute atomic E-state index is 12.4. The van der Waals surface area contributed by atoms with Crippen molar-refractivity contribution in [1.82, 2.24) is 9.80 Å². The standard InChI is InChI=1S/C12H20N2O5/c1-19-5-4-13(8-2-3-8)12(18)14-7-9(15)6-10(14)11(16)17/h8-10,15H,2-7H2,1H3,(H,16,17)/t9-,10-/m0/s1. The van der Waals surface area contributed by atoms with Crippen LogP contribution >= 0.6 is 0 Å². The molecule has 2 fully saturated rings. The highest BCUT2D eigenvalue weighted by Crippen LogP contribution is 2.29. The quantitative estimate of drug-likeness (QED) is 0.719. The molecule has 7 nitrogen and oxygen atoms in total. The van der Waals surface area contributed by atoms with Gasteiger partial charge in [-0.2, -0.15) is 0 Å². The van der Waals surface area contributed by atoms with Crippen LogP contribution in [-0.2, 0) is 9.53 Å². The van der Waals surface area contributed by atoms with Crippen LogP contribution in [0.3, 0.4) is 0 Å². The van der Waals surface area contributed by atoms with E-state index in [9.17, 15) is 14.7 Å². The number of urea groups is 1. The fraction of sp³-hybridized carbons (Fsp3) is 0.833. The Kier molecular flexibility index (Phi) is 4.26. The van der Waals surface area contributed by atoms with Crippen molar-refractivity contribution in [2.24, 2.45) is 0 Å². The second-order valence-electron chi connectivity index (χ2n) is 5.10. The lowest BCUT2D eigenvalue weighted by atomic mass is 10.2. The number of aliphatic hydroxyl groups is 1. The second kappa shape index (κ2) is 5.75. The molecule has 2 atom stereocenters. The maximum atomic E-state index is 12.4. The number of carboxylic acids is 1. The van der Waals surface area contributed by atoms with Crippen LogP contribution < -0.4 is 0 Å². The molecule has 2 N–H and O–H groups in total. The summed E-state index contributed by atoms with van der Waals surface area (Å²) in [6.45, 7) is 0.974. The number of aliphatic carboxylic acids is 1. The van der Waals surface area contributed by atoms with Crippen molar-refractivity contribution in [3.8, 4) is 0 Å². The Morgan fingerprint density at radius 3 is 2.63 bits per heavy atom. The highest BCUT2D eigenvalue weighted by Gasteiger charge is 2.43. The number of aliphatic hydroxyl groups excluding tert-OH is 1. The lowest BCUT2D eigenvalue weighted by Gasteiger charge is -2.30. The third kappa shape index (κ3) is 3.16. The molecule has 1 saturated heterocycles. The van der Waals surface area contributed by atoms with Gasteiger partial charge in [-0.3, -0.25) is 0 Å². The molecule has 0 bridgehead atoms. The average Bonchev–Trinajstić information content (AvgIpc) is 3.11. The number of amides is 2. The minimum atomic E-state index is -1.06. The van der Waals surface area contributed by atoms with Gasteiger partial charge in [0.1, 0.15) is 6.04 Å². The number of carboxylic acid groups (broad SMARTS) is 1. The summed E-state index contributed by atoms with van der Waals surface area (Å²) in [6.07, 6.45) is 1.24. The number of ether oxygens (including phenoxy) is 1. The number of carbonyl (C=O) groups is 2. The molecular weight excluding hydrogens is 252 g/mol. The molecule has 0 radical (unpaired) electrons. The van der Waals surface area contributed by atoms with E-state index in [0.717, 1.165) is 12.8 Å². The van der Waals surface area contributed by atoms with E-state index in [-0.39, 0.29) is 25.0 Å². The molecule has 0 aromatic rings. The summed E-state index contributed by atoms with van der Waals surface area (Å²) >= 11 is 0. The molecule has 2 aliphatic rings. The Bertz CT molecular complexity index is 358. The largest absolute Gasteiger partial charge is 0.480 e. The predicted octanol–water partition coefficient (Wildman–Crippen LogP) is -0.263. The molecule has 7 heteroatoms. The molecule has 1 heterocycles. The first-order valence-corrected chi connectivity index (χ1v) is 6.51. The van der Waals surface area contributed by atoms with Gasteiger partial charge in [0.2, 0.25) is 0 Å². The van der Waals surface area contributed by atoms with Crippen molar-refractivity contribution < 1.29 is 24.5 Å². The van der Waals surface area contributed by atoms with E-state index in [4.69, 9.17) is 9.84 Å². The number of hydrogen-bond donors (Lipinski definition) is 2. The van der Waals surface area contributed by atoms with E-state index in [1.54, 1.807) is 12.0 Å². The van der Waals surface area contributed by atoms with Gasteiger partial charge >= 0.3 is 12.0 Å². The van der Waals surface area contributed by atoms with Crippen LogP contribution in [0.5, 0.6) is 0 Å². The molecule has 1 aliphatic carbocycles. The Morgan fingerprint density at radius 1 is 1.42 bits per heavy atom.